The second-order valence-corrected chi connectivity index (χ2v) is 5.88. The average molecular weight is 427 g/mol. The quantitative estimate of drug-likeness (QED) is 0.282. The number of nitrogens with two attached hydrogens (primary N) is 2. The van der Waals surface area contributed by atoms with Crippen molar-refractivity contribution in [3.05, 3.63) is 59.2 Å². The highest BCUT2D eigenvalue weighted by Gasteiger charge is 2.23. The Bertz CT molecular complexity index is 985. The van der Waals surface area contributed by atoms with Crippen LogP contribution in [0.1, 0.15) is 41.7 Å². The van der Waals surface area contributed by atoms with Crippen LogP contribution in [0.3, 0.4) is 0 Å². The van der Waals surface area contributed by atoms with Crippen LogP contribution in [0.15, 0.2) is 36.7 Å². The number of imide groups is 1. The number of rotatable bonds is 8. The van der Waals surface area contributed by atoms with Gasteiger partial charge in [0, 0.05) is 12.4 Å². The van der Waals surface area contributed by atoms with Gasteiger partial charge in [-0.15, -0.1) is 0 Å². The van der Waals surface area contributed by atoms with E-state index in [1.54, 1.807) is 0 Å². The van der Waals surface area contributed by atoms with Crippen LogP contribution < -0.4 is 27.4 Å². The molecule has 0 saturated carbocycles. The average Bonchev–Trinajstić information content (AvgIpc) is 2.75. The lowest BCUT2D eigenvalue weighted by atomic mass is 10.1. The zero-order chi connectivity index (χ0) is 23.0. The summed E-state index contributed by atoms with van der Waals surface area (Å²) in [6.45, 7) is -0.955. The van der Waals surface area contributed by atoms with Gasteiger partial charge in [-0.25, -0.2) is 0 Å². The Hall–Kier alpha value is -4.68. The molecule has 160 valence electrons. The molecule has 7 N–H and O–H groups in total. The van der Waals surface area contributed by atoms with Crippen molar-refractivity contribution in [3.63, 3.8) is 0 Å². The van der Waals surface area contributed by atoms with E-state index >= 15 is 0 Å². The van der Waals surface area contributed by atoms with E-state index < -0.39 is 48.5 Å². The molecular formula is C18H17N7O6. The summed E-state index contributed by atoms with van der Waals surface area (Å²) in [6, 6.07) is 5.19. The zero-order valence-electron chi connectivity index (χ0n) is 15.9. The van der Waals surface area contributed by atoms with Crippen molar-refractivity contribution >= 4 is 35.4 Å². The number of carbonyl (C=O) groups is 6. The predicted molar refractivity (Wildman–Crippen MR) is 103 cm³/mol. The molecule has 2 heterocycles. The van der Waals surface area contributed by atoms with Crippen LogP contribution in [-0.4, -0.2) is 58.5 Å². The van der Waals surface area contributed by atoms with Gasteiger partial charge >= 0.3 is 0 Å². The molecule has 0 fully saturated rings. The normalized spacial score (nSPS) is 9.94. The fourth-order valence-corrected chi connectivity index (χ4v) is 2.28. The third-order valence-corrected chi connectivity index (χ3v) is 3.61. The van der Waals surface area contributed by atoms with E-state index in [9.17, 15) is 28.8 Å². The summed E-state index contributed by atoms with van der Waals surface area (Å²) in [5, 5.41) is 6.40. The fraction of sp³-hybridized carbons (Fsp3) is 0.111. The van der Waals surface area contributed by atoms with E-state index in [-0.39, 0.29) is 22.5 Å². The Morgan fingerprint density at radius 3 is 1.42 bits per heavy atom. The molecule has 6 amide bonds. The third kappa shape index (κ3) is 6.15. The Kier molecular flexibility index (Phi) is 7.44. The van der Waals surface area contributed by atoms with Gasteiger partial charge in [0.05, 0.1) is 24.2 Å². The topological polar surface area (TPSA) is 216 Å². The first kappa shape index (κ1) is 22.6. The monoisotopic (exact) mass is 427 g/mol. The van der Waals surface area contributed by atoms with Crippen molar-refractivity contribution in [1.29, 1.82) is 0 Å². The third-order valence-electron chi connectivity index (χ3n) is 3.61. The van der Waals surface area contributed by atoms with E-state index in [0.29, 0.717) is 0 Å². The molecule has 0 aliphatic rings. The Morgan fingerprint density at radius 2 is 1.06 bits per heavy atom. The number of hydrogen-bond acceptors (Lipinski definition) is 8. The lowest BCUT2D eigenvalue weighted by Gasteiger charge is -2.10. The maximum atomic E-state index is 12.6. The number of carbonyl (C=O) groups excluding carboxylic acids is 6. The van der Waals surface area contributed by atoms with E-state index in [4.69, 9.17) is 11.5 Å². The molecule has 2 aromatic heterocycles. The van der Waals surface area contributed by atoms with Gasteiger partial charge in [0.1, 0.15) is 11.4 Å². The first-order valence-corrected chi connectivity index (χ1v) is 8.59. The van der Waals surface area contributed by atoms with Crippen LogP contribution in [0, 0.1) is 0 Å². The first-order valence-electron chi connectivity index (χ1n) is 8.59. The van der Waals surface area contributed by atoms with Gasteiger partial charge in [-0.3, -0.25) is 44.1 Å². The van der Waals surface area contributed by atoms with Crippen molar-refractivity contribution < 1.29 is 28.8 Å². The molecular weight excluding hydrogens is 410 g/mol. The minimum Gasteiger partial charge on any atom is -0.368 e. The van der Waals surface area contributed by atoms with Crippen LogP contribution in [0.5, 0.6) is 0 Å². The summed E-state index contributed by atoms with van der Waals surface area (Å²) < 4.78 is 0. The molecule has 0 radical (unpaired) electrons. The molecule has 0 saturated heterocycles. The molecule has 13 nitrogen and oxygen atoms in total. The number of nitrogens with one attached hydrogen (secondary N) is 3. The Balaban J connectivity index is 2.22. The maximum absolute atomic E-state index is 12.6. The standard InChI is InChI=1S/C18H17N7O6/c19-11(26)7-23-17(30)13-9(3-1-5-21-13)15(28)25-16(29)10-4-2-6-22-14(10)18(31)24-8-12(20)27/h1-6H,7-8H2,(H2,19,26)(H2,20,27)(H,23,30)(H,24,31)(H,25,28,29). The molecule has 0 aliphatic carbocycles. The molecule has 0 spiro atoms. The molecule has 2 rings (SSSR count). The number of pyridine rings is 2. The SMILES string of the molecule is NC(=O)CNC(=O)c1ncccc1C(=O)NC(=O)c1cccnc1C(=O)NCC(N)=O. The maximum Gasteiger partial charge on any atom is 0.271 e. The highest BCUT2D eigenvalue weighted by Crippen LogP contribution is 2.09. The Labute approximate surface area is 174 Å². The zero-order valence-corrected chi connectivity index (χ0v) is 15.9. The van der Waals surface area contributed by atoms with Gasteiger partial charge < -0.3 is 22.1 Å². The summed E-state index contributed by atoms with van der Waals surface area (Å²) in [7, 11) is 0. The van der Waals surface area contributed by atoms with Crippen molar-refractivity contribution in [3.8, 4) is 0 Å². The van der Waals surface area contributed by atoms with Gasteiger partial charge in [0.25, 0.3) is 23.6 Å². The van der Waals surface area contributed by atoms with Crippen LogP contribution in [-0.2, 0) is 9.59 Å². The second-order valence-electron chi connectivity index (χ2n) is 5.88. The van der Waals surface area contributed by atoms with Crippen LogP contribution in [0.2, 0.25) is 0 Å². The van der Waals surface area contributed by atoms with Crippen LogP contribution >= 0.6 is 0 Å². The van der Waals surface area contributed by atoms with Gasteiger partial charge in [-0.05, 0) is 24.3 Å². The van der Waals surface area contributed by atoms with Crippen LogP contribution in [0.25, 0.3) is 0 Å². The number of aromatic nitrogens is 2. The largest absolute Gasteiger partial charge is 0.368 e. The summed E-state index contributed by atoms with van der Waals surface area (Å²) in [5.41, 5.74) is 8.70. The van der Waals surface area contributed by atoms with Crippen molar-refractivity contribution in [1.82, 2.24) is 25.9 Å². The molecule has 0 unspecified atom stereocenters. The lowest BCUT2D eigenvalue weighted by molar-refractivity contribution is -0.117. The van der Waals surface area contributed by atoms with E-state index in [1.807, 2.05) is 5.32 Å². The van der Waals surface area contributed by atoms with Crippen LogP contribution in [0.4, 0.5) is 0 Å². The van der Waals surface area contributed by atoms with E-state index in [0.717, 1.165) is 0 Å². The molecule has 0 aliphatic heterocycles. The minimum atomic E-state index is -0.991. The number of amides is 6. The summed E-state index contributed by atoms with van der Waals surface area (Å²) in [4.78, 5) is 78.7. The van der Waals surface area contributed by atoms with Gasteiger partial charge in [-0.2, -0.15) is 0 Å². The minimum absolute atomic E-state index is 0.263. The highest BCUT2D eigenvalue weighted by atomic mass is 16.2. The molecule has 0 bridgehead atoms. The van der Waals surface area contributed by atoms with Gasteiger partial charge in [0.15, 0.2) is 0 Å². The number of hydrogen-bond donors (Lipinski definition) is 5. The molecule has 2 aromatic rings. The molecule has 31 heavy (non-hydrogen) atoms. The summed E-state index contributed by atoms with van der Waals surface area (Å²) in [6.07, 6.45) is 2.47. The summed E-state index contributed by atoms with van der Waals surface area (Å²) >= 11 is 0. The first-order chi connectivity index (χ1) is 14.7. The molecule has 13 heteroatoms. The Morgan fingerprint density at radius 1 is 0.677 bits per heavy atom. The fourth-order valence-electron chi connectivity index (χ4n) is 2.28. The molecule has 0 atom stereocenters. The smallest absolute Gasteiger partial charge is 0.271 e. The lowest BCUT2D eigenvalue weighted by Crippen LogP contribution is -2.38. The van der Waals surface area contributed by atoms with E-state index in [1.165, 1.54) is 36.7 Å². The van der Waals surface area contributed by atoms with Crippen molar-refractivity contribution in [2.45, 2.75) is 0 Å². The van der Waals surface area contributed by atoms with Crippen molar-refractivity contribution in [2.24, 2.45) is 11.5 Å². The molecule has 0 aromatic carbocycles. The van der Waals surface area contributed by atoms with Gasteiger partial charge in [0.2, 0.25) is 11.8 Å². The van der Waals surface area contributed by atoms with E-state index in [2.05, 4.69) is 20.6 Å². The summed E-state index contributed by atoms with van der Waals surface area (Å²) in [5.74, 6) is -5.30. The van der Waals surface area contributed by atoms with Gasteiger partial charge in [-0.1, -0.05) is 0 Å². The highest BCUT2D eigenvalue weighted by molar-refractivity contribution is 6.16. The predicted octanol–water partition coefficient (Wildman–Crippen LogP) is -2.52. The second kappa shape index (κ2) is 10.2. The number of nitrogens with zero attached hydrogens (tertiary/aromatic N) is 2. The van der Waals surface area contributed by atoms with Crippen molar-refractivity contribution in [2.75, 3.05) is 13.1 Å². The number of primary amides is 2.